The highest BCUT2D eigenvalue weighted by molar-refractivity contribution is 8.01. The predicted octanol–water partition coefficient (Wildman–Crippen LogP) is 2.00. The molecular formula is C10H17N3OS2. The maximum atomic E-state index is 8.75. The van der Waals surface area contributed by atoms with Crippen molar-refractivity contribution in [1.82, 2.24) is 10.2 Å². The number of aromatic nitrogens is 2. The average molecular weight is 259 g/mol. The maximum absolute atomic E-state index is 8.75. The molecule has 4 nitrogen and oxygen atoms in total. The monoisotopic (exact) mass is 259 g/mol. The van der Waals surface area contributed by atoms with Gasteiger partial charge in [-0.1, -0.05) is 35.9 Å². The summed E-state index contributed by atoms with van der Waals surface area (Å²) in [5.41, 5.74) is 0. The van der Waals surface area contributed by atoms with E-state index >= 15 is 0 Å². The van der Waals surface area contributed by atoms with Crippen molar-refractivity contribution in [2.24, 2.45) is 0 Å². The molecule has 1 saturated heterocycles. The molecule has 0 saturated carbocycles. The molecule has 0 aliphatic carbocycles. The van der Waals surface area contributed by atoms with Crippen molar-refractivity contribution < 1.29 is 5.11 Å². The van der Waals surface area contributed by atoms with Crippen molar-refractivity contribution in [1.29, 1.82) is 0 Å². The second-order valence-electron chi connectivity index (χ2n) is 3.82. The third-order valence-corrected chi connectivity index (χ3v) is 4.69. The number of aliphatic hydroxyl groups excluding tert-OH is 1. The van der Waals surface area contributed by atoms with Crippen LogP contribution in [0.25, 0.3) is 0 Å². The number of aliphatic hydroxyl groups is 1. The molecule has 0 bridgehead atoms. The van der Waals surface area contributed by atoms with Crippen LogP contribution < -0.4 is 4.90 Å². The molecule has 0 atom stereocenters. The Morgan fingerprint density at radius 3 is 2.62 bits per heavy atom. The van der Waals surface area contributed by atoms with Gasteiger partial charge >= 0.3 is 0 Å². The second-order valence-corrected chi connectivity index (χ2v) is 6.12. The molecule has 2 rings (SSSR count). The lowest BCUT2D eigenvalue weighted by molar-refractivity contribution is 0.322. The molecule has 6 heteroatoms. The van der Waals surface area contributed by atoms with E-state index in [1.807, 2.05) is 0 Å². The van der Waals surface area contributed by atoms with Gasteiger partial charge in [0.05, 0.1) is 6.61 Å². The Morgan fingerprint density at radius 1 is 1.19 bits per heavy atom. The summed E-state index contributed by atoms with van der Waals surface area (Å²) in [6.45, 7) is 2.42. The van der Waals surface area contributed by atoms with Crippen molar-refractivity contribution in [2.75, 3.05) is 30.3 Å². The van der Waals surface area contributed by atoms with Crippen LogP contribution >= 0.6 is 23.1 Å². The van der Waals surface area contributed by atoms with Crippen LogP contribution in [-0.4, -0.2) is 40.8 Å². The molecule has 0 radical (unpaired) electrons. The van der Waals surface area contributed by atoms with Crippen LogP contribution in [0.5, 0.6) is 0 Å². The van der Waals surface area contributed by atoms with Crippen LogP contribution in [0.4, 0.5) is 5.13 Å². The fourth-order valence-corrected chi connectivity index (χ4v) is 3.49. The first-order chi connectivity index (χ1) is 7.90. The molecule has 1 aliphatic heterocycles. The van der Waals surface area contributed by atoms with Crippen LogP contribution in [0.15, 0.2) is 4.34 Å². The lowest BCUT2D eigenvalue weighted by atomic mass is 10.2. The lowest BCUT2D eigenvalue weighted by Gasteiger charge is -2.17. The molecule has 2 heterocycles. The van der Waals surface area contributed by atoms with E-state index in [-0.39, 0.29) is 6.61 Å². The minimum atomic E-state index is 0.198. The highest BCUT2D eigenvalue weighted by atomic mass is 32.2. The Hall–Kier alpha value is -0.330. The Balaban J connectivity index is 1.94. The third-order valence-electron chi connectivity index (χ3n) is 2.59. The fourth-order valence-electron chi connectivity index (χ4n) is 1.78. The standard InChI is InChI=1S/C10H17N3OS2/c14-7-8-15-10-12-11-9(16-10)13-5-3-1-2-4-6-13/h14H,1-8H2. The quantitative estimate of drug-likeness (QED) is 0.838. The van der Waals surface area contributed by atoms with E-state index in [0.717, 1.165) is 22.6 Å². The van der Waals surface area contributed by atoms with Crippen molar-refractivity contribution in [2.45, 2.75) is 30.0 Å². The summed E-state index contributed by atoms with van der Waals surface area (Å²) in [6, 6.07) is 0. The van der Waals surface area contributed by atoms with Crippen LogP contribution in [-0.2, 0) is 0 Å². The summed E-state index contributed by atoms with van der Waals surface area (Å²) in [4.78, 5) is 2.34. The maximum Gasteiger partial charge on any atom is 0.209 e. The number of rotatable bonds is 4. The van der Waals surface area contributed by atoms with Crippen LogP contribution in [0.2, 0.25) is 0 Å². The number of hydrogen-bond acceptors (Lipinski definition) is 6. The number of nitrogens with zero attached hydrogens (tertiary/aromatic N) is 3. The van der Waals surface area contributed by atoms with Crippen LogP contribution in [0.1, 0.15) is 25.7 Å². The minimum Gasteiger partial charge on any atom is -0.396 e. The second kappa shape index (κ2) is 6.42. The molecule has 16 heavy (non-hydrogen) atoms. The fraction of sp³-hybridized carbons (Fsp3) is 0.800. The van der Waals surface area contributed by atoms with Gasteiger partial charge in [0.1, 0.15) is 0 Å². The van der Waals surface area contributed by atoms with E-state index in [0.29, 0.717) is 5.75 Å². The Kier molecular flexibility index (Phi) is 4.87. The number of thioether (sulfide) groups is 1. The summed E-state index contributed by atoms with van der Waals surface area (Å²) in [5, 5.41) is 18.2. The van der Waals surface area contributed by atoms with Gasteiger partial charge in [-0.3, -0.25) is 0 Å². The summed E-state index contributed by atoms with van der Waals surface area (Å²) in [6.07, 6.45) is 5.19. The smallest absolute Gasteiger partial charge is 0.209 e. The van der Waals surface area contributed by atoms with Crippen LogP contribution in [0.3, 0.4) is 0 Å². The van der Waals surface area contributed by atoms with E-state index in [2.05, 4.69) is 15.1 Å². The zero-order valence-corrected chi connectivity index (χ0v) is 10.9. The Labute approximate surface area is 104 Å². The topological polar surface area (TPSA) is 49.3 Å². The zero-order chi connectivity index (χ0) is 11.2. The van der Waals surface area contributed by atoms with Gasteiger partial charge in [-0.2, -0.15) is 0 Å². The highest BCUT2D eigenvalue weighted by Crippen LogP contribution is 2.29. The highest BCUT2D eigenvalue weighted by Gasteiger charge is 2.14. The summed E-state index contributed by atoms with van der Waals surface area (Å²) in [7, 11) is 0. The van der Waals surface area contributed by atoms with Crippen molar-refractivity contribution in [3.05, 3.63) is 0 Å². The molecule has 1 fully saturated rings. The molecule has 1 N–H and O–H groups in total. The number of hydrogen-bond donors (Lipinski definition) is 1. The molecule has 1 aromatic heterocycles. The van der Waals surface area contributed by atoms with Gasteiger partial charge in [-0.05, 0) is 12.8 Å². The molecule has 90 valence electrons. The SMILES string of the molecule is OCCSc1nnc(N2CCCCCC2)s1. The van der Waals surface area contributed by atoms with E-state index in [4.69, 9.17) is 5.11 Å². The molecule has 1 aromatic rings. The van der Waals surface area contributed by atoms with Gasteiger partial charge in [0, 0.05) is 18.8 Å². The van der Waals surface area contributed by atoms with Crippen molar-refractivity contribution in [3.8, 4) is 0 Å². The molecule has 1 aliphatic rings. The van der Waals surface area contributed by atoms with Gasteiger partial charge < -0.3 is 10.0 Å². The van der Waals surface area contributed by atoms with Gasteiger partial charge in [0.15, 0.2) is 4.34 Å². The van der Waals surface area contributed by atoms with Gasteiger partial charge in [0.25, 0.3) is 0 Å². The third kappa shape index (κ3) is 3.33. The normalized spacial score (nSPS) is 17.4. The Bertz CT molecular complexity index is 311. The van der Waals surface area contributed by atoms with Crippen molar-refractivity contribution >= 4 is 28.2 Å². The van der Waals surface area contributed by atoms with Crippen LogP contribution in [0, 0.1) is 0 Å². The lowest BCUT2D eigenvalue weighted by Crippen LogP contribution is -2.23. The van der Waals surface area contributed by atoms with Gasteiger partial charge in [-0.15, -0.1) is 10.2 Å². The Morgan fingerprint density at radius 2 is 1.94 bits per heavy atom. The largest absolute Gasteiger partial charge is 0.396 e. The van der Waals surface area contributed by atoms with E-state index in [1.54, 1.807) is 23.1 Å². The number of anilines is 1. The minimum absolute atomic E-state index is 0.198. The molecule has 0 aromatic carbocycles. The summed E-state index contributed by atoms with van der Waals surface area (Å²) < 4.78 is 0.966. The predicted molar refractivity (Wildman–Crippen MR) is 68.4 cm³/mol. The molecular weight excluding hydrogens is 242 g/mol. The van der Waals surface area contributed by atoms with E-state index in [1.165, 1.54) is 25.7 Å². The average Bonchev–Trinajstić information content (AvgIpc) is 2.60. The summed E-state index contributed by atoms with van der Waals surface area (Å²) >= 11 is 3.22. The first-order valence-electron chi connectivity index (χ1n) is 5.72. The first-order valence-corrected chi connectivity index (χ1v) is 7.52. The van der Waals surface area contributed by atoms with Gasteiger partial charge in [0.2, 0.25) is 5.13 Å². The van der Waals surface area contributed by atoms with E-state index < -0.39 is 0 Å². The molecule has 0 amide bonds. The van der Waals surface area contributed by atoms with Gasteiger partial charge in [-0.25, -0.2) is 0 Å². The summed E-state index contributed by atoms with van der Waals surface area (Å²) in [5.74, 6) is 0.703. The van der Waals surface area contributed by atoms with Crippen molar-refractivity contribution in [3.63, 3.8) is 0 Å². The first kappa shape index (κ1) is 12.1. The zero-order valence-electron chi connectivity index (χ0n) is 9.26. The molecule has 0 spiro atoms. The van der Waals surface area contributed by atoms with E-state index in [9.17, 15) is 0 Å². The molecule has 0 unspecified atom stereocenters.